The van der Waals surface area contributed by atoms with Crippen molar-refractivity contribution in [2.45, 2.75) is 13.0 Å². The molecule has 1 amide bonds. The molecule has 3 rings (SSSR count). The molecule has 20 heavy (non-hydrogen) atoms. The lowest BCUT2D eigenvalue weighted by atomic mass is 10.2. The Hall–Kier alpha value is -2.63. The second-order valence-electron chi connectivity index (χ2n) is 4.74. The van der Waals surface area contributed by atoms with Crippen LogP contribution in [0.1, 0.15) is 29.1 Å². The number of aromatic amines is 1. The topological polar surface area (TPSA) is 75.6 Å². The highest BCUT2D eigenvalue weighted by atomic mass is 16.1. The Morgan fingerprint density at radius 1 is 1.40 bits per heavy atom. The lowest BCUT2D eigenvalue weighted by Gasteiger charge is -2.10. The van der Waals surface area contributed by atoms with Gasteiger partial charge in [0.25, 0.3) is 5.91 Å². The summed E-state index contributed by atoms with van der Waals surface area (Å²) < 4.78 is 1.60. The summed E-state index contributed by atoms with van der Waals surface area (Å²) in [7, 11) is 1.78. The number of nitrogens with zero attached hydrogens (tertiary/aromatic N) is 3. The number of carbonyl (C=O) groups is 1. The highest BCUT2D eigenvalue weighted by Gasteiger charge is 2.15. The Kier molecular flexibility index (Phi) is 2.98. The minimum absolute atomic E-state index is 0.161. The third-order valence-corrected chi connectivity index (χ3v) is 3.13. The number of rotatable bonds is 3. The van der Waals surface area contributed by atoms with Crippen LogP contribution in [-0.2, 0) is 7.05 Å². The van der Waals surface area contributed by atoms with E-state index < -0.39 is 0 Å². The summed E-state index contributed by atoms with van der Waals surface area (Å²) in [4.78, 5) is 19.7. The molecule has 0 aliphatic heterocycles. The molecular formula is C14H15N5O. The van der Waals surface area contributed by atoms with E-state index >= 15 is 0 Å². The largest absolute Gasteiger partial charge is 0.342 e. The van der Waals surface area contributed by atoms with E-state index in [0.717, 1.165) is 16.9 Å². The van der Waals surface area contributed by atoms with Gasteiger partial charge in [-0.3, -0.25) is 9.48 Å². The molecule has 0 radical (unpaired) electrons. The van der Waals surface area contributed by atoms with Crippen LogP contribution in [0.4, 0.5) is 0 Å². The summed E-state index contributed by atoms with van der Waals surface area (Å²) in [5.74, 6) is 0.578. The Balaban J connectivity index is 1.78. The predicted octanol–water partition coefficient (Wildman–Crippen LogP) is 1.79. The van der Waals surface area contributed by atoms with Gasteiger partial charge in [-0.2, -0.15) is 5.10 Å². The average molecular weight is 269 g/mol. The summed E-state index contributed by atoms with van der Waals surface area (Å²) in [5.41, 5.74) is 2.39. The number of carbonyl (C=O) groups excluding carboxylic acids is 1. The van der Waals surface area contributed by atoms with Gasteiger partial charge in [-0.05, 0) is 19.1 Å². The molecule has 1 atom stereocenters. The zero-order valence-electron chi connectivity index (χ0n) is 11.3. The van der Waals surface area contributed by atoms with E-state index in [-0.39, 0.29) is 11.9 Å². The van der Waals surface area contributed by atoms with E-state index in [0.29, 0.717) is 5.56 Å². The van der Waals surface area contributed by atoms with Gasteiger partial charge in [-0.15, -0.1) is 0 Å². The third kappa shape index (κ3) is 2.27. The molecule has 0 saturated carbocycles. The predicted molar refractivity (Wildman–Crippen MR) is 75.2 cm³/mol. The Morgan fingerprint density at radius 2 is 2.20 bits per heavy atom. The van der Waals surface area contributed by atoms with Crippen LogP contribution in [0.25, 0.3) is 11.0 Å². The number of H-pyrrole nitrogens is 1. The van der Waals surface area contributed by atoms with Gasteiger partial charge < -0.3 is 10.3 Å². The smallest absolute Gasteiger partial charge is 0.255 e. The van der Waals surface area contributed by atoms with Crippen molar-refractivity contribution >= 4 is 16.9 Å². The fourth-order valence-electron chi connectivity index (χ4n) is 2.06. The fourth-order valence-corrected chi connectivity index (χ4v) is 2.06. The number of aromatic nitrogens is 4. The van der Waals surface area contributed by atoms with Crippen molar-refractivity contribution in [3.8, 4) is 0 Å². The number of hydrogen-bond donors (Lipinski definition) is 2. The van der Waals surface area contributed by atoms with Gasteiger partial charge in [0.15, 0.2) is 0 Å². The van der Waals surface area contributed by atoms with Crippen LogP contribution in [0.15, 0.2) is 36.7 Å². The first kappa shape index (κ1) is 12.4. The van der Waals surface area contributed by atoms with Crippen molar-refractivity contribution in [2.24, 2.45) is 7.05 Å². The number of para-hydroxylation sites is 2. The molecule has 0 aliphatic rings. The van der Waals surface area contributed by atoms with E-state index in [1.54, 1.807) is 24.1 Å². The minimum atomic E-state index is -0.199. The summed E-state index contributed by atoms with van der Waals surface area (Å²) in [6, 6.07) is 7.58. The molecule has 1 aromatic carbocycles. The molecule has 6 heteroatoms. The molecule has 0 unspecified atom stereocenters. The van der Waals surface area contributed by atoms with Crippen LogP contribution < -0.4 is 5.32 Å². The van der Waals surface area contributed by atoms with Crippen LogP contribution >= 0.6 is 0 Å². The van der Waals surface area contributed by atoms with Crippen LogP contribution in [0, 0.1) is 0 Å². The molecule has 2 N–H and O–H groups in total. The van der Waals surface area contributed by atoms with E-state index in [4.69, 9.17) is 0 Å². The van der Waals surface area contributed by atoms with Crippen LogP contribution in [0.5, 0.6) is 0 Å². The second-order valence-corrected chi connectivity index (χ2v) is 4.74. The van der Waals surface area contributed by atoms with E-state index in [1.807, 2.05) is 31.2 Å². The third-order valence-electron chi connectivity index (χ3n) is 3.13. The normalized spacial score (nSPS) is 12.5. The van der Waals surface area contributed by atoms with Gasteiger partial charge in [0.2, 0.25) is 0 Å². The average Bonchev–Trinajstić information content (AvgIpc) is 3.04. The molecule has 0 aliphatic carbocycles. The highest BCUT2D eigenvalue weighted by molar-refractivity contribution is 5.93. The zero-order valence-corrected chi connectivity index (χ0v) is 11.3. The Labute approximate surface area is 115 Å². The summed E-state index contributed by atoms with van der Waals surface area (Å²) in [6.45, 7) is 1.89. The molecule has 102 valence electrons. The lowest BCUT2D eigenvalue weighted by molar-refractivity contribution is 0.0938. The standard InChI is InChI=1S/C14H15N5O/c1-9(16-14(20)10-7-15-19(2)8-10)13-17-11-5-3-4-6-12(11)18-13/h3-9H,1-2H3,(H,16,20)(H,17,18)/t9-/m0/s1. The molecular weight excluding hydrogens is 254 g/mol. The number of nitrogens with one attached hydrogen (secondary N) is 2. The first-order valence-electron chi connectivity index (χ1n) is 6.37. The fraction of sp³-hybridized carbons (Fsp3) is 0.214. The van der Waals surface area contributed by atoms with E-state index in [2.05, 4.69) is 20.4 Å². The van der Waals surface area contributed by atoms with Gasteiger partial charge in [-0.25, -0.2) is 4.98 Å². The highest BCUT2D eigenvalue weighted by Crippen LogP contribution is 2.15. The van der Waals surface area contributed by atoms with Gasteiger partial charge in [0.1, 0.15) is 5.82 Å². The molecule has 6 nitrogen and oxygen atoms in total. The Morgan fingerprint density at radius 3 is 2.90 bits per heavy atom. The quantitative estimate of drug-likeness (QED) is 0.761. The molecule has 3 aromatic rings. The number of fused-ring (bicyclic) bond motifs is 1. The van der Waals surface area contributed by atoms with Gasteiger partial charge in [0, 0.05) is 13.2 Å². The monoisotopic (exact) mass is 269 g/mol. The SMILES string of the molecule is C[C@H](NC(=O)c1cnn(C)c1)c1nc2ccccc2[nH]1. The zero-order chi connectivity index (χ0) is 14.1. The molecule has 2 aromatic heterocycles. The van der Waals surface area contributed by atoms with E-state index in [1.165, 1.54) is 0 Å². The maximum absolute atomic E-state index is 12.1. The Bertz CT molecular complexity index is 725. The molecule has 0 spiro atoms. The summed E-state index contributed by atoms with van der Waals surface area (Å²) >= 11 is 0. The van der Waals surface area contributed by atoms with Crippen LogP contribution in [0.3, 0.4) is 0 Å². The molecule has 0 fully saturated rings. The summed E-state index contributed by atoms with van der Waals surface area (Å²) in [6.07, 6.45) is 3.22. The number of amides is 1. The number of hydrogen-bond acceptors (Lipinski definition) is 3. The molecule has 2 heterocycles. The maximum atomic E-state index is 12.1. The minimum Gasteiger partial charge on any atom is -0.342 e. The molecule has 0 bridgehead atoms. The van der Waals surface area contributed by atoms with Gasteiger partial charge >= 0.3 is 0 Å². The first-order valence-corrected chi connectivity index (χ1v) is 6.37. The van der Waals surface area contributed by atoms with Crippen molar-refractivity contribution in [3.05, 3.63) is 48.0 Å². The first-order chi connectivity index (χ1) is 9.63. The van der Waals surface area contributed by atoms with Crippen molar-refractivity contribution < 1.29 is 4.79 Å². The van der Waals surface area contributed by atoms with Gasteiger partial charge in [-0.1, -0.05) is 12.1 Å². The second kappa shape index (κ2) is 4.80. The summed E-state index contributed by atoms with van der Waals surface area (Å²) in [5, 5.41) is 6.89. The number of benzene rings is 1. The maximum Gasteiger partial charge on any atom is 0.255 e. The van der Waals surface area contributed by atoms with Crippen molar-refractivity contribution in [1.29, 1.82) is 0 Å². The van der Waals surface area contributed by atoms with Crippen LogP contribution in [0.2, 0.25) is 0 Å². The van der Waals surface area contributed by atoms with Crippen molar-refractivity contribution in [2.75, 3.05) is 0 Å². The number of aryl methyl sites for hydroxylation is 1. The van der Waals surface area contributed by atoms with Gasteiger partial charge in [0.05, 0.1) is 28.8 Å². The van der Waals surface area contributed by atoms with E-state index in [9.17, 15) is 4.79 Å². The molecule has 0 saturated heterocycles. The van der Waals surface area contributed by atoms with Crippen molar-refractivity contribution in [1.82, 2.24) is 25.1 Å². The van der Waals surface area contributed by atoms with Crippen molar-refractivity contribution in [3.63, 3.8) is 0 Å². The number of imidazole rings is 1. The van der Waals surface area contributed by atoms with Crippen LogP contribution in [-0.4, -0.2) is 25.7 Å². The lowest BCUT2D eigenvalue weighted by Crippen LogP contribution is -2.27.